The summed E-state index contributed by atoms with van der Waals surface area (Å²) in [5.41, 5.74) is 3.71. The Morgan fingerprint density at radius 2 is 2.00 bits per heavy atom. The number of nitrogens with zero attached hydrogens (tertiary/aromatic N) is 1. The normalized spacial score (nSPS) is 10.9. The molecule has 3 aromatic rings. The number of carbonyl (C=O) groups is 1. The van der Waals surface area contributed by atoms with E-state index < -0.39 is 0 Å². The molecular formula is C21H23ClN4O2. The average molecular weight is 399 g/mol. The summed E-state index contributed by atoms with van der Waals surface area (Å²) < 4.78 is 0. The maximum Gasteiger partial charge on any atom is 0.267 e. The van der Waals surface area contributed by atoms with Crippen molar-refractivity contribution in [1.29, 1.82) is 0 Å². The summed E-state index contributed by atoms with van der Waals surface area (Å²) in [5.74, 6) is 0.493. The second kappa shape index (κ2) is 8.91. The lowest BCUT2D eigenvalue weighted by atomic mass is 10.1. The molecule has 0 aliphatic carbocycles. The molecule has 2 aromatic heterocycles. The van der Waals surface area contributed by atoms with Gasteiger partial charge in [0.15, 0.2) is 0 Å². The van der Waals surface area contributed by atoms with E-state index in [4.69, 9.17) is 11.6 Å². The molecule has 0 fully saturated rings. The van der Waals surface area contributed by atoms with E-state index in [9.17, 15) is 9.90 Å². The standard InChI is InChI=1S/C21H23ClN4O2/c1-13(2)26-20-8-17(18(22)11-24-20)16-7-19(23-10-16)21(28)25-9-14-5-3-4-6-15(14)12-27/h3-8,10-11,13,23,27H,9,12H2,1-2H3,(H,24,26)(H,25,28). The lowest BCUT2D eigenvalue weighted by Crippen LogP contribution is -2.23. The van der Waals surface area contributed by atoms with E-state index in [1.807, 2.05) is 44.2 Å². The smallest absolute Gasteiger partial charge is 0.267 e. The van der Waals surface area contributed by atoms with Crippen LogP contribution in [0.15, 0.2) is 48.8 Å². The van der Waals surface area contributed by atoms with Crippen molar-refractivity contribution in [3.8, 4) is 11.1 Å². The van der Waals surface area contributed by atoms with Crippen LogP contribution in [0.5, 0.6) is 0 Å². The number of nitrogens with one attached hydrogen (secondary N) is 3. The number of amides is 1. The highest BCUT2D eigenvalue weighted by Gasteiger charge is 2.13. The maximum atomic E-state index is 12.5. The zero-order valence-electron chi connectivity index (χ0n) is 15.8. The second-order valence-corrected chi connectivity index (χ2v) is 7.17. The van der Waals surface area contributed by atoms with Crippen LogP contribution in [0.2, 0.25) is 5.02 Å². The second-order valence-electron chi connectivity index (χ2n) is 6.76. The van der Waals surface area contributed by atoms with Gasteiger partial charge in [-0.1, -0.05) is 35.9 Å². The lowest BCUT2D eigenvalue weighted by molar-refractivity contribution is 0.0946. The molecule has 1 aromatic carbocycles. The number of aliphatic hydroxyl groups is 1. The number of aliphatic hydroxyl groups excluding tert-OH is 1. The summed E-state index contributed by atoms with van der Waals surface area (Å²) in [7, 11) is 0. The number of hydrogen-bond acceptors (Lipinski definition) is 4. The van der Waals surface area contributed by atoms with Gasteiger partial charge in [-0.15, -0.1) is 0 Å². The Hall–Kier alpha value is -2.83. The van der Waals surface area contributed by atoms with Crippen LogP contribution < -0.4 is 10.6 Å². The van der Waals surface area contributed by atoms with Crippen LogP contribution in [0.4, 0.5) is 5.82 Å². The van der Waals surface area contributed by atoms with Crippen molar-refractivity contribution in [2.45, 2.75) is 33.0 Å². The fourth-order valence-corrected chi connectivity index (χ4v) is 3.08. The van der Waals surface area contributed by atoms with Crippen LogP contribution in [0.3, 0.4) is 0 Å². The molecule has 0 unspecified atom stereocenters. The zero-order valence-corrected chi connectivity index (χ0v) is 16.5. The molecule has 0 radical (unpaired) electrons. The highest BCUT2D eigenvalue weighted by Crippen LogP contribution is 2.30. The first-order chi connectivity index (χ1) is 13.5. The van der Waals surface area contributed by atoms with Crippen LogP contribution >= 0.6 is 11.6 Å². The van der Waals surface area contributed by atoms with Gasteiger partial charge in [0.05, 0.1) is 11.6 Å². The van der Waals surface area contributed by atoms with Crippen LogP contribution in [0.25, 0.3) is 11.1 Å². The molecule has 0 saturated carbocycles. The molecule has 0 spiro atoms. The topological polar surface area (TPSA) is 90.0 Å². The SMILES string of the molecule is CC(C)Nc1cc(-c2c[nH]c(C(=O)NCc3ccccc3CO)c2)c(Cl)cn1. The quantitative estimate of drug-likeness (QED) is 0.484. The number of aromatic amines is 1. The third-order valence-corrected chi connectivity index (χ3v) is 4.56. The number of pyridine rings is 1. The zero-order chi connectivity index (χ0) is 20.1. The van der Waals surface area contributed by atoms with Gasteiger partial charge in [0.1, 0.15) is 11.5 Å². The number of benzene rings is 1. The number of aromatic nitrogens is 2. The molecule has 0 aliphatic rings. The minimum absolute atomic E-state index is 0.0635. The average Bonchev–Trinajstić information content (AvgIpc) is 3.17. The van der Waals surface area contributed by atoms with E-state index in [1.54, 1.807) is 18.5 Å². The van der Waals surface area contributed by atoms with Crippen LogP contribution in [0, 0.1) is 0 Å². The fourth-order valence-electron chi connectivity index (χ4n) is 2.87. The Labute approximate surface area is 169 Å². The third-order valence-electron chi connectivity index (χ3n) is 4.26. The van der Waals surface area contributed by atoms with Crippen molar-refractivity contribution in [3.63, 3.8) is 0 Å². The maximum absolute atomic E-state index is 12.5. The molecule has 0 saturated heterocycles. The van der Waals surface area contributed by atoms with E-state index in [-0.39, 0.29) is 18.6 Å². The summed E-state index contributed by atoms with van der Waals surface area (Å²) in [6.45, 7) is 4.33. The molecule has 4 N–H and O–H groups in total. The van der Waals surface area contributed by atoms with Gasteiger partial charge in [-0.2, -0.15) is 0 Å². The van der Waals surface area contributed by atoms with Gasteiger partial charge >= 0.3 is 0 Å². The van der Waals surface area contributed by atoms with E-state index in [1.165, 1.54) is 0 Å². The van der Waals surface area contributed by atoms with E-state index in [0.29, 0.717) is 17.3 Å². The Kier molecular flexibility index (Phi) is 6.34. The lowest BCUT2D eigenvalue weighted by Gasteiger charge is -2.10. The summed E-state index contributed by atoms with van der Waals surface area (Å²) in [6.07, 6.45) is 3.34. The van der Waals surface area contributed by atoms with Crippen molar-refractivity contribution in [2.24, 2.45) is 0 Å². The molecule has 0 aliphatic heterocycles. The van der Waals surface area contributed by atoms with Crippen molar-refractivity contribution in [2.75, 3.05) is 5.32 Å². The first-order valence-electron chi connectivity index (χ1n) is 9.04. The summed E-state index contributed by atoms with van der Waals surface area (Å²) >= 11 is 6.30. The Balaban J connectivity index is 1.74. The predicted molar refractivity (Wildman–Crippen MR) is 111 cm³/mol. The number of anilines is 1. The van der Waals surface area contributed by atoms with Crippen molar-refractivity contribution < 1.29 is 9.90 Å². The molecule has 28 heavy (non-hydrogen) atoms. The van der Waals surface area contributed by atoms with Crippen LogP contribution in [-0.4, -0.2) is 27.0 Å². The van der Waals surface area contributed by atoms with Gasteiger partial charge in [-0.25, -0.2) is 4.98 Å². The van der Waals surface area contributed by atoms with Gasteiger partial charge in [0.25, 0.3) is 5.91 Å². The third kappa shape index (κ3) is 4.71. The minimum atomic E-state index is -0.232. The highest BCUT2D eigenvalue weighted by molar-refractivity contribution is 6.33. The molecule has 7 heteroatoms. The van der Waals surface area contributed by atoms with Crippen LogP contribution in [0.1, 0.15) is 35.5 Å². The number of rotatable bonds is 7. The van der Waals surface area contributed by atoms with Gasteiger partial charge in [0.2, 0.25) is 0 Å². The Morgan fingerprint density at radius 1 is 1.25 bits per heavy atom. The monoisotopic (exact) mass is 398 g/mol. The van der Waals surface area contributed by atoms with E-state index >= 15 is 0 Å². The van der Waals surface area contributed by atoms with Crippen molar-refractivity contribution >= 4 is 23.3 Å². The first-order valence-corrected chi connectivity index (χ1v) is 9.42. The molecule has 2 heterocycles. The van der Waals surface area contributed by atoms with Gasteiger partial charge in [0, 0.05) is 36.1 Å². The van der Waals surface area contributed by atoms with Gasteiger partial charge in [-0.3, -0.25) is 4.79 Å². The van der Waals surface area contributed by atoms with Gasteiger partial charge in [-0.05, 0) is 37.1 Å². The Morgan fingerprint density at radius 3 is 2.71 bits per heavy atom. The minimum Gasteiger partial charge on any atom is -0.392 e. The van der Waals surface area contributed by atoms with Crippen molar-refractivity contribution in [1.82, 2.24) is 15.3 Å². The molecule has 146 valence electrons. The van der Waals surface area contributed by atoms with Crippen LogP contribution in [-0.2, 0) is 13.2 Å². The van der Waals surface area contributed by atoms with Gasteiger partial charge < -0.3 is 20.7 Å². The van der Waals surface area contributed by atoms with E-state index in [0.717, 1.165) is 28.1 Å². The fraction of sp³-hybridized carbons (Fsp3) is 0.238. The number of H-pyrrole nitrogens is 1. The largest absolute Gasteiger partial charge is 0.392 e. The molecular weight excluding hydrogens is 376 g/mol. The summed E-state index contributed by atoms with van der Waals surface area (Å²) in [6, 6.07) is 11.3. The summed E-state index contributed by atoms with van der Waals surface area (Å²) in [4.78, 5) is 19.8. The number of carbonyl (C=O) groups excluding carboxylic acids is 1. The first kappa shape index (κ1) is 19.9. The van der Waals surface area contributed by atoms with Crippen molar-refractivity contribution in [3.05, 3.63) is 70.6 Å². The molecule has 0 bridgehead atoms. The number of hydrogen-bond donors (Lipinski definition) is 4. The molecule has 1 amide bonds. The predicted octanol–water partition coefficient (Wildman–Crippen LogP) is 3.97. The molecule has 6 nitrogen and oxygen atoms in total. The summed E-state index contributed by atoms with van der Waals surface area (Å²) in [5, 5.41) is 16.0. The van der Waals surface area contributed by atoms with E-state index in [2.05, 4.69) is 20.6 Å². The highest BCUT2D eigenvalue weighted by atomic mass is 35.5. The Bertz CT molecular complexity index is 969. The molecule has 3 rings (SSSR count). The number of halogens is 1. The molecule has 0 atom stereocenters.